The molecule has 29 heavy (non-hydrogen) atoms. The molecule has 150 valence electrons. The first-order chi connectivity index (χ1) is 14.1. The van der Waals surface area contributed by atoms with Gasteiger partial charge in [0.25, 0.3) is 5.22 Å². The Morgan fingerprint density at radius 1 is 1.17 bits per heavy atom. The first kappa shape index (κ1) is 20.9. The predicted molar refractivity (Wildman–Crippen MR) is 111 cm³/mol. The molecule has 0 bridgehead atoms. The number of ketones is 1. The number of carbonyl (C=O) groups excluding carboxylic acids is 2. The lowest BCUT2D eigenvalue weighted by molar-refractivity contribution is -0.140. The fourth-order valence-corrected chi connectivity index (χ4v) is 3.27. The summed E-state index contributed by atoms with van der Waals surface area (Å²) in [5.74, 6) is -0.136. The van der Waals surface area contributed by atoms with Crippen LogP contribution in [-0.2, 0) is 9.53 Å². The fourth-order valence-electron chi connectivity index (χ4n) is 2.45. The number of Topliss-reactive ketones (excluding diaryl/α,β-unsaturated/α-hetero) is 1. The summed E-state index contributed by atoms with van der Waals surface area (Å²) in [6.45, 7) is 1.97. The van der Waals surface area contributed by atoms with E-state index < -0.39 is 5.97 Å². The van der Waals surface area contributed by atoms with Crippen molar-refractivity contribution < 1.29 is 18.7 Å². The second-order valence-electron chi connectivity index (χ2n) is 5.80. The molecule has 0 aliphatic heterocycles. The van der Waals surface area contributed by atoms with Gasteiger partial charge in [0.2, 0.25) is 5.89 Å². The smallest absolute Gasteiger partial charge is 0.325 e. The minimum Gasteiger partial charge on any atom is -0.465 e. The summed E-state index contributed by atoms with van der Waals surface area (Å²) in [5.41, 5.74) is 1.68. The second-order valence-corrected chi connectivity index (χ2v) is 7.16. The number of thioether (sulfide) groups is 1. The van der Waals surface area contributed by atoms with Gasteiger partial charge in [-0.05, 0) is 37.3 Å². The van der Waals surface area contributed by atoms with E-state index >= 15 is 0 Å². The van der Waals surface area contributed by atoms with Gasteiger partial charge in [0.15, 0.2) is 5.78 Å². The lowest BCUT2D eigenvalue weighted by atomic mass is 10.1. The summed E-state index contributed by atoms with van der Waals surface area (Å²) < 4.78 is 10.5. The molecule has 0 atom stereocenters. The molecule has 0 spiro atoms. The molecular formula is C20H18ClN3O4S. The van der Waals surface area contributed by atoms with Crippen molar-refractivity contribution in [1.82, 2.24) is 10.2 Å². The van der Waals surface area contributed by atoms with Crippen LogP contribution in [0.1, 0.15) is 17.3 Å². The molecular weight excluding hydrogens is 414 g/mol. The minimum absolute atomic E-state index is 0.0486. The van der Waals surface area contributed by atoms with Crippen molar-refractivity contribution in [2.45, 2.75) is 12.1 Å². The number of anilines is 1. The van der Waals surface area contributed by atoms with E-state index in [0.29, 0.717) is 34.0 Å². The minimum atomic E-state index is -0.408. The van der Waals surface area contributed by atoms with Crippen molar-refractivity contribution >= 4 is 40.8 Å². The van der Waals surface area contributed by atoms with Gasteiger partial charge in [-0.2, -0.15) is 0 Å². The fraction of sp³-hybridized carbons (Fsp3) is 0.200. The van der Waals surface area contributed by atoms with Crippen molar-refractivity contribution in [3.05, 3.63) is 59.1 Å². The molecule has 0 amide bonds. The highest BCUT2D eigenvalue weighted by Gasteiger charge is 2.16. The third kappa shape index (κ3) is 5.82. The Bertz CT molecular complexity index is 994. The van der Waals surface area contributed by atoms with Gasteiger partial charge < -0.3 is 14.5 Å². The molecule has 1 aromatic heterocycles. The average molecular weight is 432 g/mol. The molecule has 3 aromatic rings. The van der Waals surface area contributed by atoms with Crippen molar-refractivity contribution in [2.24, 2.45) is 0 Å². The van der Waals surface area contributed by atoms with E-state index in [9.17, 15) is 9.59 Å². The zero-order valence-corrected chi connectivity index (χ0v) is 17.1. The Hall–Kier alpha value is -2.84. The molecule has 9 heteroatoms. The van der Waals surface area contributed by atoms with Crippen LogP contribution in [0, 0.1) is 0 Å². The summed E-state index contributed by atoms with van der Waals surface area (Å²) in [6.07, 6.45) is 0. The van der Waals surface area contributed by atoms with Crippen molar-refractivity contribution in [2.75, 3.05) is 24.2 Å². The summed E-state index contributed by atoms with van der Waals surface area (Å²) in [7, 11) is 0. The van der Waals surface area contributed by atoms with Crippen LogP contribution in [0.15, 0.2) is 58.2 Å². The van der Waals surface area contributed by atoms with Crippen LogP contribution >= 0.6 is 23.4 Å². The van der Waals surface area contributed by atoms with Crippen LogP contribution < -0.4 is 5.32 Å². The number of benzene rings is 2. The third-order valence-electron chi connectivity index (χ3n) is 3.76. The van der Waals surface area contributed by atoms with Crippen molar-refractivity contribution in [1.29, 1.82) is 0 Å². The standard InChI is InChI=1S/C20H18ClN3O4S/c1-2-27-18(26)11-22-16-9-8-14(21)10-15(16)17(25)12-29-20-24-23-19(28-20)13-6-4-3-5-7-13/h3-10,22H,2,11-12H2,1H3. The largest absolute Gasteiger partial charge is 0.465 e. The molecule has 0 aliphatic rings. The van der Waals surface area contributed by atoms with Crippen LogP contribution in [0.5, 0.6) is 0 Å². The number of aromatic nitrogens is 2. The monoisotopic (exact) mass is 431 g/mol. The maximum Gasteiger partial charge on any atom is 0.325 e. The van der Waals surface area contributed by atoms with Crippen LogP contribution in [0.3, 0.4) is 0 Å². The number of hydrogen-bond donors (Lipinski definition) is 1. The third-order valence-corrected chi connectivity index (χ3v) is 4.82. The maximum atomic E-state index is 12.7. The van der Waals surface area contributed by atoms with E-state index in [4.69, 9.17) is 20.8 Å². The molecule has 0 saturated carbocycles. The summed E-state index contributed by atoms with van der Waals surface area (Å²) in [5, 5.41) is 11.6. The van der Waals surface area contributed by atoms with Crippen LogP contribution in [0.25, 0.3) is 11.5 Å². The molecule has 0 radical (unpaired) electrons. The number of nitrogens with zero attached hydrogens (tertiary/aromatic N) is 2. The van der Waals surface area contributed by atoms with Crippen molar-refractivity contribution in [3.63, 3.8) is 0 Å². The van der Waals surface area contributed by atoms with Gasteiger partial charge in [-0.1, -0.05) is 41.6 Å². The lowest BCUT2D eigenvalue weighted by Crippen LogP contribution is -2.18. The van der Waals surface area contributed by atoms with Crippen LogP contribution in [-0.4, -0.2) is 40.9 Å². The zero-order valence-electron chi connectivity index (χ0n) is 15.6. The van der Waals surface area contributed by atoms with Crippen LogP contribution in [0.2, 0.25) is 5.02 Å². The normalized spacial score (nSPS) is 10.6. The van der Waals surface area contributed by atoms with Gasteiger partial charge in [-0.3, -0.25) is 9.59 Å². The quantitative estimate of drug-likeness (QED) is 0.304. The molecule has 0 fully saturated rings. The topological polar surface area (TPSA) is 94.3 Å². The Kier molecular flexibility index (Phi) is 7.26. The van der Waals surface area contributed by atoms with Crippen LogP contribution in [0.4, 0.5) is 5.69 Å². The number of halogens is 1. The number of rotatable bonds is 9. The van der Waals surface area contributed by atoms with E-state index in [2.05, 4.69) is 15.5 Å². The summed E-state index contributed by atoms with van der Waals surface area (Å²) in [4.78, 5) is 24.3. The van der Waals surface area contributed by atoms with Gasteiger partial charge in [0.1, 0.15) is 6.54 Å². The summed E-state index contributed by atoms with van der Waals surface area (Å²) in [6, 6.07) is 14.2. The maximum absolute atomic E-state index is 12.7. The van der Waals surface area contributed by atoms with E-state index in [1.165, 1.54) is 0 Å². The SMILES string of the molecule is CCOC(=O)CNc1ccc(Cl)cc1C(=O)CSc1nnc(-c2ccccc2)o1. The molecule has 1 heterocycles. The number of hydrogen-bond acceptors (Lipinski definition) is 8. The van der Waals surface area contributed by atoms with E-state index in [1.807, 2.05) is 30.3 Å². The number of carbonyl (C=O) groups is 2. The lowest BCUT2D eigenvalue weighted by Gasteiger charge is -2.11. The Labute approximate surface area is 176 Å². The molecule has 0 saturated heterocycles. The molecule has 0 unspecified atom stereocenters. The first-order valence-corrected chi connectivity index (χ1v) is 10.2. The highest BCUT2D eigenvalue weighted by Crippen LogP contribution is 2.26. The molecule has 0 aliphatic carbocycles. The number of esters is 1. The average Bonchev–Trinajstić information content (AvgIpc) is 3.21. The summed E-state index contributed by atoms with van der Waals surface area (Å²) >= 11 is 7.18. The Balaban J connectivity index is 1.65. The number of ether oxygens (including phenoxy) is 1. The molecule has 7 nitrogen and oxygen atoms in total. The molecule has 3 rings (SSSR count). The van der Waals surface area contributed by atoms with Gasteiger partial charge in [-0.25, -0.2) is 0 Å². The van der Waals surface area contributed by atoms with Gasteiger partial charge in [0.05, 0.1) is 12.4 Å². The highest BCUT2D eigenvalue weighted by molar-refractivity contribution is 7.99. The van der Waals surface area contributed by atoms with E-state index in [0.717, 1.165) is 17.3 Å². The van der Waals surface area contributed by atoms with Gasteiger partial charge in [0, 0.05) is 21.8 Å². The Morgan fingerprint density at radius 2 is 1.97 bits per heavy atom. The molecule has 1 N–H and O–H groups in total. The number of nitrogens with one attached hydrogen (secondary N) is 1. The van der Waals surface area contributed by atoms with E-state index in [-0.39, 0.29) is 18.1 Å². The highest BCUT2D eigenvalue weighted by atomic mass is 35.5. The van der Waals surface area contributed by atoms with Gasteiger partial charge >= 0.3 is 5.97 Å². The van der Waals surface area contributed by atoms with E-state index in [1.54, 1.807) is 25.1 Å². The Morgan fingerprint density at radius 3 is 2.72 bits per heavy atom. The predicted octanol–water partition coefficient (Wildman–Crippen LogP) is 4.34. The van der Waals surface area contributed by atoms with Gasteiger partial charge in [-0.15, -0.1) is 10.2 Å². The second kappa shape index (κ2) is 10.1. The zero-order chi connectivity index (χ0) is 20.6. The molecule has 2 aromatic carbocycles. The first-order valence-electron chi connectivity index (χ1n) is 8.80. The van der Waals surface area contributed by atoms with Crippen molar-refractivity contribution in [3.8, 4) is 11.5 Å².